The van der Waals surface area contributed by atoms with Crippen LogP contribution in [-0.4, -0.2) is 16.1 Å². The Morgan fingerprint density at radius 1 is 0.452 bits per heavy atom. The van der Waals surface area contributed by atoms with Crippen molar-refractivity contribution in [3.05, 3.63) is 229 Å². The van der Waals surface area contributed by atoms with Crippen LogP contribution in [0.25, 0.3) is 130 Å². The lowest BCUT2D eigenvalue weighted by atomic mass is 9.92. The average molecular weight is 952 g/mol. The van der Waals surface area contributed by atoms with Gasteiger partial charge in [0.05, 0.1) is 33.7 Å². The number of rotatable bonds is 4. The number of aromatic nitrogens is 1. The first-order chi connectivity index (χ1) is 36.1. The van der Waals surface area contributed by atoms with E-state index in [-0.39, 0.29) is 5.92 Å². The maximum atomic E-state index is 7.06. The Labute approximate surface area is 421 Å². The maximum Gasteiger partial charge on any atom is 0.163 e. The number of furan rings is 2. The number of fused-ring (bicyclic) bond motifs is 17. The predicted molar refractivity (Wildman–Crippen MR) is 308 cm³/mol. The number of benzene rings is 11. The van der Waals surface area contributed by atoms with Crippen LogP contribution in [0.2, 0.25) is 0 Å². The number of hydrogen-bond acceptors (Lipinski definition) is 5. The van der Waals surface area contributed by atoms with E-state index in [1.54, 1.807) is 0 Å². The number of amidine groups is 1. The van der Waals surface area contributed by atoms with Crippen LogP contribution in [-0.2, 0) is 0 Å². The van der Waals surface area contributed by atoms with Crippen LogP contribution in [0.15, 0.2) is 231 Å². The average Bonchev–Trinajstić information content (AvgIpc) is 4.20. The number of aliphatic imine (C=N–C) groups is 2. The van der Waals surface area contributed by atoms with Crippen LogP contribution in [0.4, 0.5) is 0 Å². The molecule has 0 spiro atoms. The molecule has 16 rings (SSSR count). The maximum absolute atomic E-state index is 7.06. The van der Waals surface area contributed by atoms with Crippen molar-refractivity contribution in [1.82, 2.24) is 4.57 Å². The van der Waals surface area contributed by atoms with E-state index in [0.717, 1.165) is 99.5 Å². The van der Waals surface area contributed by atoms with E-state index in [0.29, 0.717) is 12.3 Å². The molecule has 0 amide bonds. The van der Waals surface area contributed by atoms with Crippen LogP contribution in [0.5, 0.6) is 0 Å². The first kappa shape index (κ1) is 40.6. The van der Waals surface area contributed by atoms with E-state index in [1.165, 1.54) is 52.5 Å². The molecule has 0 saturated carbocycles. The first-order valence-electron chi connectivity index (χ1n) is 25.0. The van der Waals surface area contributed by atoms with Gasteiger partial charge in [-0.1, -0.05) is 165 Å². The minimum atomic E-state index is 0.0189. The summed E-state index contributed by atoms with van der Waals surface area (Å²) >= 11 is 1.84. The number of hydrogen-bond donors (Lipinski definition) is 0. The summed E-state index contributed by atoms with van der Waals surface area (Å²) in [6, 6.07) is 74.2. The van der Waals surface area contributed by atoms with Gasteiger partial charge < -0.3 is 13.4 Å². The molecule has 0 fully saturated rings. The molecule has 0 N–H and O–H groups in total. The summed E-state index contributed by atoms with van der Waals surface area (Å²) in [7, 11) is 0. The molecule has 5 heterocycles. The Kier molecular flexibility index (Phi) is 8.59. The summed E-state index contributed by atoms with van der Waals surface area (Å²) < 4.78 is 18.8. The number of nitrogens with zero attached hydrogens (tertiary/aromatic N) is 3. The van der Waals surface area contributed by atoms with E-state index in [2.05, 4.69) is 212 Å². The van der Waals surface area contributed by atoms with Crippen molar-refractivity contribution in [2.75, 3.05) is 0 Å². The molecule has 0 aliphatic carbocycles. The van der Waals surface area contributed by atoms with Gasteiger partial charge in [0.15, 0.2) is 5.84 Å². The number of allylic oxidation sites excluding steroid dienone is 1. The van der Waals surface area contributed by atoms with Crippen LogP contribution in [0, 0.1) is 5.92 Å². The second-order valence-corrected chi connectivity index (χ2v) is 20.6. The molecule has 0 bridgehead atoms. The summed E-state index contributed by atoms with van der Waals surface area (Å²) in [6.07, 6.45) is 3.06. The highest BCUT2D eigenvalue weighted by Gasteiger charge is 2.27. The largest absolute Gasteiger partial charge is 0.455 e. The standard InChI is InChI=1S/C67H41N3O2S/c1-38-28-32-55(68-67(51-25-12-22-47-45-20-8-10-26-59(45)71-65(47)51)69-63(38)50-24-13-23-49-46-21-9-11-27-61(46)73-66(49)50)53-36-52-48-31-29-40-15-5-7-19-44(40)64(48)72-60(52)37-58(53)70-56-33-30-39-14-4-6-18-43(39)62(56)54-34-41-16-2-3-17-42(41)35-57(54)70/h2-27,29-38H,28H2,1H3/b55-32+,68-67?,69-63?. The van der Waals surface area contributed by atoms with E-state index >= 15 is 0 Å². The topological polar surface area (TPSA) is 55.9 Å². The number of thiophene rings is 1. The first-order valence-corrected chi connectivity index (χ1v) is 25.8. The van der Waals surface area contributed by atoms with Crippen molar-refractivity contribution in [3.63, 3.8) is 0 Å². The Hall–Kier alpha value is -9.10. The summed E-state index contributed by atoms with van der Waals surface area (Å²) in [4.78, 5) is 11.7. The zero-order valence-corrected chi connectivity index (χ0v) is 40.4. The van der Waals surface area contributed by atoms with Gasteiger partial charge in [-0.05, 0) is 81.9 Å². The van der Waals surface area contributed by atoms with E-state index in [9.17, 15) is 0 Å². The summed E-state index contributed by atoms with van der Waals surface area (Å²) in [5.74, 6) is 0.620. The third-order valence-corrected chi connectivity index (χ3v) is 16.6. The Balaban J connectivity index is 1.03. The molecule has 342 valence electrons. The van der Waals surface area contributed by atoms with Gasteiger partial charge in [0.1, 0.15) is 22.3 Å². The predicted octanol–water partition coefficient (Wildman–Crippen LogP) is 18.7. The quantitative estimate of drug-likeness (QED) is 0.176. The lowest BCUT2D eigenvalue weighted by Gasteiger charge is -2.20. The van der Waals surface area contributed by atoms with Crippen molar-refractivity contribution in [3.8, 4) is 5.69 Å². The van der Waals surface area contributed by atoms with Gasteiger partial charge in [-0.3, -0.25) is 0 Å². The molecule has 11 aromatic carbocycles. The third-order valence-electron chi connectivity index (χ3n) is 15.4. The molecule has 1 aliphatic heterocycles. The third kappa shape index (κ3) is 6.02. The second kappa shape index (κ2) is 15.4. The molecule has 4 aromatic heterocycles. The van der Waals surface area contributed by atoms with Gasteiger partial charge in [0, 0.05) is 81.0 Å². The van der Waals surface area contributed by atoms with Crippen molar-refractivity contribution in [1.29, 1.82) is 0 Å². The molecule has 5 nitrogen and oxygen atoms in total. The Morgan fingerprint density at radius 2 is 1.11 bits per heavy atom. The van der Waals surface area contributed by atoms with Gasteiger partial charge in [0.25, 0.3) is 0 Å². The fourth-order valence-electron chi connectivity index (χ4n) is 12.0. The molecule has 0 radical (unpaired) electrons. The van der Waals surface area contributed by atoms with Crippen LogP contribution in [0.1, 0.15) is 30.0 Å². The zero-order valence-electron chi connectivity index (χ0n) is 39.6. The van der Waals surface area contributed by atoms with Crippen LogP contribution >= 0.6 is 11.3 Å². The Morgan fingerprint density at radius 3 is 1.97 bits per heavy atom. The molecular weight excluding hydrogens is 911 g/mol. The SMILES string of the molecule is CC1C/C=C(\c2cc3c(cc2-n2c4cc5ccccc5cc4c4c5ccccc5ccc42)oc2c4ccccc4ccc32)N=C(c2cccc3c2oc2ccccc23)N=C1c1cccc2c1sc1ccccc12. The van der Waals surface area contributed by atoms with Gasteiger partial charge >= 0.3 is 0 Å². The molecule has 6 heteroatoms. The minimum Gasteiger partial charge on any atom is -0.455 e. The smallest absolute Gasteiger partial charge is 0.163 e. The minimum absolute atomic E-state index is 0.0189. The molecule has 73 heavy (non-hydrogen) atoms. The van der Waals surface area contributed by atoms with Crippen molar-refractivity contribution in [2.24, 2.45) is 15.9 Å². The van der Waals surface area contributed by atoms with Gasteiger partial charge in [0.2, 0.25) is 0 Å². The summed E-state index contributed by atoms with van der Waals surface area (Å²) in [5.41, 5.74) is 11.3. The highest BCUT2D eigenvalue weighted by atomic mass is 32.1. The van der Waals surface area contributed by atoms with Crippen molar-refractivity contribution < 1.29 is 8.83 Å². The Bertz CT molecular complexity index is 4980. The fourth-order valence-corrected chi connectivity index (χ4v) is 13.2. The molecule has 15 aromatic rings. The summed E-state index contributed by atoms with van der Waals surface area (Å²) in [6.45, 7) is 2.31. The monoisotopic (exact) mass is 951 g/mol. The lowest BCUT2D eigenvalue weighted by Crippen LogP contribution is -2.17. The van der Waals surface area contributed by atoms with E-state index < -0.39 is 0 Å². The summed E-state index contributed by atoms with van der Waals surface area (Å²) in [5, 5.41) is 16.1. The van der Waals surface area contributed by atoms with Gasteiger partial charge in [-0.2, -0.15) is 0 Å². The molecule has 0 saturated heterocycles. The highest BCUT2D eigenvalue weighted by Crippen LogP contribution is 2.45. The van der Waals surface area contributed by atoms with E-state index in [1.807, 2.05) is 23.5 Å². The van der Waals surface area contributed by atoms with Crippen LogP contribution < -0.4 is 0 Å². The second-order valence-electron chi connectivity index (χ2n) is 19.6. The zero-order chi connectivity index (χ0) is 47.9. The lowest BCUT2D eigenvalue weighted by molar-refractivity contribution is 0.668. The fraction of sp³-hybridized carbons (Fsp3) is 0.0448. The van der Waals surface area contributed by atoms with Crippen molar-refractivity contribution in [2.45, 2.75) is 13.3 Å². The van der Waals surface area contributed by atoms with Gasteiger partial charge in [-0.25, -0.2) is 9.98 Å². The van der Waals surface area contributed by atoms with Gasteiger partial charge in [-0.15, -0.1) is 11.3 Å². The highest BCUT2D eigenvalue weighted by molar-refractivity contribution is 7.26. The molecular formula is C67H41N3O2S. The van der Waals surface area contributed by atoms with Crippen molar-refractivity contribution >= 4 is 147 Å². The molecule has 1 aliphatic rings. The molecule has 1 atom stereocenters. The van der Waals surface area contributed by atoms with E-state index in [4.69, 9.17) is 18.8 Å². The van der Waals surface area contributed by atoms with Crippen LogP contribution in [0.3, 0.4) is 0 Å². The normalized spacial score (nSPS) is 15.4. The molecule has 1 unspecified atom stereocenters. The number of para-hydroxylation sites is 2.